The van der Waals surface area contributed by atoms with E-state index >= 15 is 0 Å². The van der Waals surface area contributed by atoms with Crippen LogP contribution in [0.25, 0.3) is 11.5 Å². The number of hydrogen-bond donors (Lipinski definition) is 0. The van der Waals surface area contributed by atoms with Gasteiger partial charge in [0, 0.05) is 30.1 Å². The highest BCUT2D eigenvalue weighted by Gasteiger charge is 2.34. The van der Waals surface area contributed by atoms with Crippen molar-refractivity contribution in [2.45, 2.75) is 45.4 Å². The molecule has 0 saturated carbocycles. The van der Waals surface area contributed by atoms with Gasteiger partial charge in [-0.15, -0.1) is 0 Å². The standard InChI is InChI=1S/C24H27N3O3/c1-3-5-13-29-21-11-9-18(10-12-21)24-25-23(26-30-24)19-15-22(28)27(16-19)20-8-6-7-17(4-2)14-20/h6-12,14,19H,3-5,13,15-16H2,1-2H3. The molecule has 1 amide bonds. The van der Waals surface area contributed by atoms with Gasteiger partial charge in [-0.3, -0.25) is 4.79 Å². The molecule has 3 aromatic rings. The van der Waals surface area contributed by atoms with Crippen molar-refractivity contribution in [3.8, 4) is 17.2 Å². The van der Waals surface area contributed by atoms with Gasteiger partial charge in [0.15, 0.2) is 5.82 Å². The molecule has 30 heavy (non-hydrogen) atoms. The van der Waals surface area contributed by atoms with Crippen LogP contribution in [0.5, 0.6) is 5.75 Å². The van der Waals surface area contributed by atoms with Gasteiger partial charge >= 0.3 is 0 Å². The number of carbonyl (C=O) groups excluding carboxylic acids is 1. The number of benzene rings is 2. The van der Waals surface area contributed by atoms with Crippen molar-refractivity contribution in [2.75, 3.05) is 18.1 Å². The van der Waals surface area contributed by atoms with Crippen molar-refractivity contribution in [2.24, 2.45) is 0 Å². The third-order valence-corrected chi connectivity index (χ3v) is 5.43. The Labute approximate surface area is 176 Å². The minimum absolute atomic E-state index is 0.0723. The Morgan fingerprint density at radius 2 is 2.00 bits per heavy atom. The van der Waals surface area contributed by atoms with Crippen molar-refractivity contribution in [1.82, 2.24) is 10.1 Å². The first-order valence-electron chi connectivity index (χ1n) is 10.6. The summed E-state index contributed by atoms with van der Waals surface area (Å²) in [5.74, 6) is 1.89. The number of ether oxygens (including phenoxy) is 1. The number of amides is 1. The second-order valence-corrected chi connectivity index (χ2v) is 7.61. The number of nitrogens with zero attached hydrogens (tertiary/aromatic N) is 3. The van der Waals surface area contributed by atoms with Crippen molar-refractivity contribution >= 4 is 11.6 Å². The van der Waals surface area contributed by atoms with Gasteiger partial charge < -0.3 is 14.2 Å². The van der Waals surface area contributed by atoms with Crippen LogP contribution in [-0.2, 0) is 11.2 Å². The van der Waals surface area contributed by atoms with Crippen LogP contribution in [-0.4, -0.2) is 29.2 Å². The largest absolute Gasteiger partial charge is 0.494 e. The molecule has 6 nitrogen and oxygen atoms in total. The summed E-state index contributed by atoms with van der Waals surface area (Å²) in [5.41, 5.74) is 2.99. The number of aromatic nitrogens is 2. The number of unbranched alkanes of at least 4 members (excludes halogenated alkanes) is 1. The number of hydrogen-bond acceptors (Lipinski definition) is 5. The summed E-state index contributed by atoms with van der Waals surface area (Å²) in [6.07, 6.45) is 3.47. The molecule has 1 atom stereocenters. The molecule has 0 aliphatic carbocycles. The number of anilines is 1. The lowest BCUT2D eigenvalue weighted by Gasteiger charge is -2.17. The molecule has 1 aliphatic rings. The molecular formula is C24H27N3O3. The Bertz CT molecular complexity index is 997. The summed E-state index contributed by atoms with van der Waals surface area (Å²) in [5, 5.41) is 4.16. The summed E-state index contributed by atoms with van der Waals surface area (Å²) < 4.78 is 11.2. The first-order valence-corrected chi connectivity index (χ1v) is 10.6. The lowest BCUT2D eigenvalue weighted by Crippen LogP contribution is -2.24. The van der Waals surface area contributed by atoms with E-state index < -0.39 is 0 Å². The lowest BCUT2D eigenvalue weighted by molar-refractivity contribution is -0.117. The van der Waals surface area contributed by atoms with Gasteiger partial charge in [0.2, 0.25) is 5.91 Å². The van der Waals surface area contributed by atoms with Crippen LogP contribution in [0.15, 0.2) is 53.1 Å². The van der Waals surface area contributed by atoms with Crippen molar-refractivity contribution in [3.05, 3.63) is 59.9 Å². The highest BCUT2D eigenvalue weighted by Crippen LogP contribution is 2.32. The quantitative estimate of drug-likeness (QED) is 0.494. The van der Waals surface area contributed by atoms with E-state index in [4.69, 9.17) is 9.26 Å². The topological polar surface area (TPSA) is 68.5 Å². The molecule has 1 fully saturated rings. The van der Waals surface area contributed by atoms with Gasteiger partial charge in [0.05, 0.1) is 6.61 Å². The van der Waals surface area contributed by atoms with Gasteiger partial charge in [-0.1, -0.05) is 37.6 Å². The monoisotopic (exact) mass is 405 g/mol. The lowest BCUT2D eigenvalue weighted by atomic mass is 10.1. The summed E-state index contributed by atoms with van der Waals surface area (Å²) in [4.78, 5) is 19.0. The minimum atomic E-state index is -0.0723. The van der Waals surface area contributed by atoms with Crippen LogP contribution in [0.1, 0.15) is 50.4 Å². The van der Waals surface area contributed by atoms with Crippen LogP contribution in [0.3, 0.4) is 0 Å². The first kappa shape index (κ1) is 20.1. The molecule has 1 aliphatic heterocycles. The third-order valence-electron chi connectivity index (χ3n) is 5.43. The Kier molecular flexibility index (Phi) is 6.12. The van der Waals surface area contributed by atoms with Crippen LogP contribution in [0.2, 0.25) is 0 Å². The van der Waals surface area contributed by atoms with E-state index in [1.165, 1.54) is 5.56 Å². The van der Waals surface area contributed by atoms with E-state index in [-0.39, 0.29) is 11.8 Å². The van der Waals surface area contributed by atoms with E-state index in [2.05, 4.69) is 36.1 Å². The number of rotatable bonds is 8. The maximum Gasteiger partial charge on any atom is 0.257 e. The van der Waals surface area contributed by atoms with E-state index in [9.17, 15) is 4.79 Å². The van der Waals surface area contributed by atoms with Crippen LogP contribution in [0.4, 0.5) is 5.69 Å². The van der Waals surface area contributed by atoms with Gasteiger partial charge in [-0.05, 0) is 54.8 Å². The summed E-state index contributed by atoms with van der Waals surface area (Å²) >= 11 is 0. The zero-order valence-electron chi connectivity index (χ0n) is 17.5. The first-order chi connectivity index (χ1) is 14.7. The Balaban J connectivity index is 1.44. The van der Waals surface area contributed by atoms with Crippen LogP contribution < -0.4 is 9.64 Å². The third kappa shape index (κ3) is 4.37. The number of carbonyl (C=O) groups is 1. The van der Waals surface area contributed by atoms with Crippen molar-refractivity contribution in [1.29, 1.82) is 0 Å². The van der Waals surface area contributed by atoms with Gasteiger partial charge in [-0.25, -0.2) is 0 Å². The van der Waals surface area contributed by atoms with Crippen molar-refractivity contribution < 1.29 is 14.1 Å². The molecule has 1 unspecified atom stereocenters. The predicted octanol–water partition coefficient (Wildman–Crippen LogP) is 5.00. The van der Waals surface area contributed by atoms with Crippen LogP contribution >= 0.6 is 0 Å². The van der Waals surface area contributed by atoms with Gasteiger partial charge in [0.25, 0.3) is 5.89 Å². The fraction of sp³-hybridized carbons (Fsp3) is 0.375. The molecule has 4 rings (SSSR count). The molecule has 0 radical (unpaired) electrons. The maximum atomic E-state index is 12.6. The highest BCUT2D eigenvalue weighted by molar-refractivity contribution is 5.96. The molecule has 2 aromatic carbocycles. The van der Waals surface area contributed by atoms with Crippen molar-refractivity contribution in [3.63, 3.8) is 0 Å². The average Bonchev–Trinajstić information content (AvgIpc) is 3.41. The molecule has 0 spiro atoms. The van der Waals surface area contributed by atoms with Gasteiger partial charge in [0.1, 0.15) is 5.75 Å². The van der Waals surface area contributed by atoms with E-state index in [0.717, 1.165) is 36.3 Å². The SMILES string of the molecule is CCCCOc1ccc(-c2nc(C3CC(=O)N(c4cccc(CC)c4)C3)no2)cc1. The molecule has 6 heteroatoms. The molecule has 0 bridgehead atoms. The molecule has 1 saturated heterocycles. The second kappa shape index (κ2) is 9.11. The van der Waals surface area contributed by atoms with E-state index in [1.54, 1.807) is 0 Å². The number of aryl methyl sites for hydroxylation is 1. The summed E-state index contributed by atoms with van der Waals surface area (Å²) in [7, 11) is 0. The molecular weight excluding hydrogens is 378 g/mol. The average molecular weight is 405 g/mol. The fourth-order valence-corrected chi connectivity index (χ4v) is 3.62. The molecule has 1 aromatic heterocycles. The van der Waals surface area contributed by atoms with E-state index in [0.29, 0.717) is 31.3 Å². The Hall–Kier alpha value is -3.15. The second-order valence-electron chi connectivity index (χ2n) is 7.61. The molecule has 156 valence electrons. The highest BCUT2D eigenvalue weighted by atomic mass is 16.5. The maximum absolute atomic E-state index is 12.6. The van der Waals surface area contributed by atoms with E-state index in [1.807, 2.05) is 41.3 Å². The minimum Gasteiger partial charge on any atom is -0.494 e. The predicted molar refractivity (Wildman–Crippen MR) is 116 cm³/mol. The molecule has 0 N–H and O–H groups in total. The summed E-state index contributed by atoms with van der Waals surface area (Å²) in [6.45, 7) is 5.53. The Morgan fingerprint density at radius 1 is 1.17 bits per heavy atom. The summed E-state index contributed by atoms with van der Waals surface area (Å²) in [6, 6.07) is 15.8. The zero-order chi connectivity index (χ0) is 20.9. The zero-order valence-corrected chi connectivity index (χ0v) is 17.5. The Morgan fingerprint density at radius 3 is 2.77 bits per heavy atom. The normalized spacial score (nSPS) is 16.3. The van der Waals surface area contributed by atoms with Gasteiger partial charge in [-0.2, -0.15) is 4.98 Å². The smallest absolute Gasteiger partial charge is 0.257 e. The fourth-order valence-electron chi connectivity index (χ4n) is 3.62. The van der Waals surface area contributed by atoms with Crippen LogP contribution in [0, 0.1) is 0 Å². The molecule has 2 heterocycles.